The van der Waals surface area contributed by atoms with Crippen molar-refractivity contribution in [3.8, 4) is 0 Å². The van der Waals surface area contributed by atoms with E-state index >= 15 is 0 Å². The average Bonchev–Trinajstić information content (AvgIpc) is 1.85. The van der Waals surface area contributed by atoms with E-state index in [0.29, 0.717) is 0 Å². The van der Waals surface area contributed by atoms with Crippen LogP contribution in [0.3, 0.4) is 0 Å². The molecule has 0 unspecified atom stereocenters. The van der Waals surface area contributed by atoms with Gasteiger partial charge in [0.25, 0.3) is 0 Å². The zero-order valence-electron chi connectivity index (χ0n) is 5.56. The van der Waals surface area contributed by atoms with Crippen molar-refractivity contribution in [1.29, 1.82) is 0 Å². The molecular weight excluding hydrogens is 258 g/mol. The van der Waals surface area contributed by atoms with Crippen LogP contribution in [0.5, 0.6) is 0 Å². The number of hydrogen-bond acceptors (Lipinski definition) is 1. The summed E-state index contributed by atoms with van der Waals surface area (Å²) >= 11 is 6.74. The number of aromatic nitrogens is 1. The van der Waals surface area contributed by atoms with Crippen molar-refractivity contribution in [2.45, 2.75) is 12.3 Å². The van der Waals surface area contributed by atoms with Gasteiger partial charge in [-0.3, -0.25) is 4.98 Å². The van der Waals surface area contributed by atoms with Crippen molar-refractivity contribution in [2.75, 3.05) is 0 Å². The minimum absolute atomic E-state index is 0.813. The Labute approximate surface area is 77.1 Å². The lowest BCUT2D eigenvalue weighted by atomic mass is 10.3. The molecule has 0 N–H and O–H groups in total. The minimum atomic E-state index is 0.813. The second kappa shape index (κ2) is 3.49. The van der Waals surface area contributed by atoms with E-state index in [1.54, 1.807) is 0 Å². The molecule has 0 aromatic carbocycles. The molecule has 0 saturated carbocycles. The number of alkyl halides is 1. The van der Waals surface area contributed by atoms with Gasteiger partial charge in [0.05, 0.1) is 5.69 Å². The van der Waals surface area contributed by atoms with Gasteiger partial charge in [-0.25, -0.2) is 0 Å². The van der Waals surface area contributed by atoms with Gasteiger partial charge >= 0.3 is 0 Å². The summed E-state index contributed by atoms with van der Waals surface area (Å²) in [6, 6.07) is 3.99. The van der Waals surface area contributed by atoms with Crippen molar-refractivity contribution in [1.82, 2.24) is 4.98 Å². The van der Waals surface area contributed by atoms with Crippen LogP contribution in [0.1, 0.15) is 11.4 Å². The van der Waals surface area contributed by atoms with Gasteiger partial charge in [-0.05, 0) is 19.1 Å². The molecule has 54 valence electrons. The van der Waals surface area contributed by atoms with Gasteiger partial charge in [0.15, 0.2) is 0 Å². The first-order chi connectivity index (χ1) is 4.72. The Morgan fingerprint density at radius 2 is 2.20 bits per heavy atom. The van der Waals surface area contributed by atoms with Gasteiger partial charge in [0.2, 0.25) is 0 Å². The Morgan fingerprint density at radius 1 is 1.50 bits per heavy atom. The molecule has 3 heteroatoms. The largest absolute Gasteiger partial charge is 0.257 e. The van der Waals surface area contributed by atoms with E-state index in [4.69, 9.17) is 0 Å². The van der Waals surface area contributed by atoms with Crippen molar-refractivity contribution in [3.63, 3.8) is 0 Å². The molecule has 0 saturated heterocycles. The fourth-order valence-electron chi connectivity index (χ4n) is 0.760. The highest BCUT2D eigenvalue weighted by Crippen LogP contribution is 2.13. The molecule has 1 nitrogen and oxygen atoms in total. The molecule has 0 amide bonds. The van der Waals surface area contributed by atoms with E-state index in [9.17, 15) is 0 Å². The minimum Gasteiger partial charge on any atom is -0.257 e. The third kappa shape index (κ3) is 2.06. The lowest BCUT2D eigenvalue weighted by molar-refractivity contribution is 1.10. The molecule has 0 aliphatic carbocycles. The number of hydrogen-bond donors (Lipinski definition) is 0. The predicted octanol–water partition coefficient (Wildman–Crippen LogP) is 3.05. The first-order valence-corrected chi connectivity index (χ1v) is 4.83. The van der Waals surface area contributed by atoms with Gasteiger partial charge < -0.3 is 0 Å². The monoisotopic (exact) mass is 263 g/mol. The zero-order valence-corrected chi connectivity index (χ0v) is 8.74. The van der Waals surface area contributed by atoms with Crippen LogP contribution in [0.2, 0.25) is 0 Å². The first-order valence-electron chi connectivity index (χ1n) is 2.91. The number of nitrogens with zero attached hydrogens (tertiary/aromatic N) is 1. The van der Waals surface area contributed by atoms with Crippen LogP contribution in [0.25, 0.3) is 0 Å². The summed E-state index contributed by atoms with van der Waals surface area (Å²) in [7, 11) is 0. The number of pyridine rings is 1. The fourth-order valence-corrected chi connectivity index (χ4v) is 1.64. The molecule has 0 spiro atoms. The summed E-state index contributed by atoms with van der Waals surface area (Å²) in [5, 5.41) is 0.813. The van der Waals surface area contributed by atoms with Crippen LogP contribution in [0.4, 0.5) is 0 Å². The molecule has 0 aliphatic rings. The second-order valence-electron chi connectivity index (χ2n) is 2.05. The van der Waals surface area contributed by atoms with E-state index in [1.165, 1.54) is 0 Å². The van der Waals surface area contributed by atoms with E-state index in [0.717, 1.165) is 21.2 Å². The summed E-state index contributed by atoms with van der Waals surface area (Å²) in [4.78, 5) is 4.28. The third-order valence-electron chi connectivity index (χ3n) is 1.11. The molecule has 0 radical (unpaired) electrons. The maximum Gasteiger partial charge on any atom is 0.0523 e. The molecule has 1 heterocycles. The summed E-state index contributed by atoms with van der Waals surface area (Å²) in [6.45, 7) is 1.98. The maximum atomic E-state index is 4.28. The second-order valence-corrected chi connectivity index (χ2v) is 3.53. The molecule has 0 aliphatic heterocycles. The Balaban J connectivity index is 3.06. The van der Waals surface area contributed by atoms with E-state index in [1.807, 2.05) is 19.1 Å². The van der Waals surface area contributed by atoms with Gasteiger partial charge in [-0.2, -0.15) is 0 Å². The molecule has 0 fully saturated rings. The quantitative estimate of drug-likeness (QED) is 0.711. The van der Waals surface area contributed by atoms with Gasteiger partial charge in [-0.15, -0.1) is 0 Å². The van der Waals surface area contributed by atoms with Crippen molar-refractivity contribution < 1.29 is 0 Å². The Morgan fingerprint density at radius 3 is 2.70 bits per heavy atom. The average molecular weight is 265 g/mol. The lowest BCUT2D eigenvalue weighted by Crippen LogP contribution is -1.87. The summed E-state index contributed by atoms with van der Waals surface area (Å²) in [5.41, 5.74) is 2.11. The molecule has 1 aromatic heterocycles. The molecule has 10 heavy (non-hydrogen) atoms. The SMILES string of the molecule is Cc1cc(Br)cc(CBr)n1. The van der Waals surface area contributed by atoms with Crippen LogP contribution in [0, 0.1) is 6.92 Å². The summed E-state index contributed by atoms with van der Waals surface area (Å²) < 4.78 is 1.09. The lowest BCUT2D eigenvalue weighted by Gasteiger charge is -1.97. The molecule has 1 aromatic rings. The Hall–Kier alpha value is 0.110. The molecule has 0 bridgehead atoms. The smallest absolute Gasteiger partial charge is 0.0523 e. The van der Waals surface area contributed by atoms with Crippen LogP contribution in [0.15, 0.2) is 16.6 Å². The van der Waals surface area contributed by atoms with Crippen LogP contribution < -0.4 is 0 Å². The van der Waals surface area contributed by atoms with Crippen molar-refractivity contribution in [2.24, 2.45) is 0 Å². The standard InChI is InChI=1S/C7H7Br2N/c1-5-2-6(9)3-7(4-8)10-5/h2-3H,4H2,1H3. The summed E-state index contributed by atoms with van der Waals surface area (Å²) in [6.07, 6.45) is 0. The van der Waals surface area contributed by atoms with Crippen LogP contribution in [-0.4, -0.2) is 4.98 Å². The molecule has 0 atom stereocenters. The van der Waals surface area contributed by atoms with Gasteiger partial charge in [-0.1, -0.05) is 31.9 Å². The summed E-state index contributed by atoms with van der Waals surface area (Å²) in [5.74, 6) is 0. The van der Waals surface area contributed by atoms with Crippen LogP contribution >= 0.6 is 31.9 Å². The van der Waals surface area contributed by atoms with Crippen molar-refractivity contribution >= 4 is 31.9 Å². The number of halogens is 2. The molecular formula is C7H7Br2N. The van der Waals surface area contributed by atoms with E-state index < -0.39 is 0 Å². The zero-order chi connectivity index (χ0) is 7.56. The first kappa shape index (κ1) is 8.21. The maximum absolute atomic E-state index is 4.28. The van der Waals surface area contributed by atoms with E-state index in [2.05, 4.69) is 36.8 Å². The van der Waals surface area contributed by atoms with Gasteiger partial charge in [0, 0.05) is 15.5 Å². The highest BCUT2D eigenvalue weighted by atomic mass is 79.9. The van der Waals surface area contributed by atoms with Crippen molar-refractivity contribution in [3.05, 3.63) is 28.0 Å². The molecule has 1 rings (SSSR count). The number of aryl methyl sites for hydroxylation is 1. The third-order valence-corrected chi connectivity index (χ3v) is 2.14. The van der Waals surface area contributed by atoms with Gasteiger partial charge in [0.1, 0.15) is 0 Å². The van der Waals surface area contributed by atoms with E-state index in [-0.39, 0.29) is 0 Å². The fraction of sp³-hybridized carbons (Fsp3) is 0.286. The Kier molecular flexibility index (Phi) is 2.86. The highest BCUT2D eigenvalue weighted by Gasteiger charge is 1.94. The topological polar surface area (TPSA) is 12.9 Å². The predicted molar refractivity (Wildman–Crippen MR) is 49.3 cm³/mol. The number of rotatable bonds is 1. The Bertz CT molecular complexity index is 215. The van der Waals surface area contributed by atoms with Crippen LogP contribution in [-0.2, 0) is 5.33 Å². The highest BCUT2D eigenvalue weighted by molar-refractivity contribution is 9.10. The normalized spacial score (nSPS) is 9.90.